The van der Waals surface area contributed by atoms with Crippen LogP contribution in [0.2, 0.25) is 0 Å². The first-order valence-corrected chi connectivity index (χ1v) is 6.35. The summed E-state index contributed by atoms with van der Waals surface area (Å²) in [4.78, 5) is 5.45. The Morgan fingerprint density at radius 3 is 2.44 bits per heavy atom. The van der Waals surface area contributed by atoms with Gasteiger partial charge in [0.25, 0.3) is 0 Å². The second-order valence-corrected chi connectivity index (χ2v) is 5.20. The molecule has 0 unspecified atom stereocenters. The molecule has 1 saturated heterocycles. The largest absolute Gasteiger partial charge is 0.348 e. The van der Waals surface area contributed by atoms with Crippen LogP contribution in [0.1, 0.15) is 39.5 Å². The summed E-state index contributed by atoms with van der Waals surface area (Å²) in [6.07, 6.45) is 4.10. The van der Waals surface area contributed by atoms with Crippen molar-refractivity contribution in [2.75, 3.05) is 19.8 Å². The van der Waals surface area contributed by atoms with Gasteiger partial charge in [-0.3, -0.25) is 0 Å². The van der Waals surface area contributed by atoms with E-state index in [2.05, 4.69) is 19.3 Å². The molecule has 2 fully saturated rings. The maximum Gasteiger partial charge on any atom is 0.168 e. The van der Waals surface area contributed by atoms with Gasteiger partial charge in [-0.2, -0.15) is 5.48 Å². The predicted molar refractivity (Wildman–Crippen MR) is 60.8 cm³/mol. The van der Waals surface area contributed by atoms with E-state index in [1.165, 1.54) is 0 Å². The average Bonchev–Trinajstić information content (AvgIpc) is 2.70. The van der Waals surface area contributed by atoms with E-state index >= 15 is 0 Å². The summed E-state index contributed by atoms with van der Waals surface area (Å²) in [5.74, 6) is 0.319. The molecule has 1 spiro atoms. The molecule has 4 nitrogen and oxygen atoms in total. The number of ether oxygens (including phenoxy) is 2. The Hall–Kier alpha value is -0.160. The van der Waals surface area contributed by atoms with Gasteiger partial charge < -0.3 is 14.3 Å². The van der Waals surface area contributed by atoms with E-state index in [-0.39, 0.29) is 5.79 Å². The smallest absolute Gasteiger partial charge is 0.168 e. The van der Waals surface area contributed by atoms with Crippen LogP contribution in [0.3, 0.4) is 0 Å². The molecule has 94 valence electrons. The molecule has 1 aliphatic heterocycles. The summed E-state index contributed by atoms with van der Waals surface area (Å²) in [7, 11) is 0. The Morgan fingerprint density at radius 1 is 1.25 bits per heavy atom. The van der Waals surface area contributed by atoms with Crippen LogP contribution in [-0.4, -0.2) is 31.6 Å². The molecule has 0 aromatic carbocycles. The lowest BCUT2D eigenvalue weighted by Gasteiger charge is -2.35. The van der Waals surface area contributed by atoms with Crippen molar-refractivity contribution < 1.29 is 14.3 Å². The Balaban J connectivity index is 1.65. The first-order valence-electron chi connectivity index (χ1n) is 6.35. The Kier molecular flexibility index (Phi) is 4.19. The van der Waals surface area contributed by atoms with Gasteiger partial charge in [0.05, 0.1) is 19.8 Å². The number of rotatable bonds is 4. The SMILES string of the molecule is CC(C)CONC1CCC2(CC1)OCCO2. The predicted octanol–water partition coefficient (Wildman–Crippen LogP) is 1.85. The zero-order valence-electron chi connectivity index (χ0n) is 10.3. The monoisotopic (exact) mass is 229 g/mol. The van der Waals surface area contributed by atoms with Crippen molar-refractivity contribution in [2.24, 2.45) is 5.92 Å². The second kappa shape index (κ2) is 5.45. The molecule has 1 N–H and O–H groups in total. The van der Waals surface area contributed by atoms with Gasteiger partial charge in [-0.05, 0) is 18.8 Å². The third-order valence-corrected chi connectivity index (χ3v) is 3.23. The van der Waals surface area contributed by atoms with Crippen molar-refractivity contribution in [1.82, 2.24) is 5.48 Å². The van der Waals surface area contributed by atoms with Crippen LogP contribution < -0.4 is 5.48 Å². The van der Waals surface area contributed by atoms with Gasteiger partial charge in [-0.1, -0.05) is 13.8 Å². The van der Waals surface area contributed by atoms with Crippen LogP contribution in [-0.2, 0) is 14.3 Å². The van der Waals surface area contributed by atoms with E-state index in [1.807, 2.05) is 0 Å². The van der Waals surface area contributed by atoms with Gasteiger partial charge in [0.1, 0.15) is 0 Å². The summed E-state index contributed by atoms with van der Waals surface area (Å²) in [6.45, 7) is 6.58. The minimum atomic E-state index is -0.254. The summed E-state index contributed by atoms with van der Waals surface area (Å²) in [5.41, 5.74) is 3.15. The van der Waals surface area contributed by atoms with Crippen molar-refractivity contribution in [3.05, 3.63) is 0 Å². The zero-order valence-corrected chi connectivity index (χ0v) is 10.3. The molecule has 1 saturated carbocycles. The van der Waals surface area contributed by atoms with Crippen LogP contribution in [0.5, 0.6) is 0 Å². The molecule has 1 aliphatic carbocycles. The van der Waals surface area contributed by atoms with E-state index in [1.54, 1.807) is 0 Å². The molecular weight excluding hydrogens is 206 g/mol. The maximum atomic E-state index is 5.68. The first-order chi connectivity index (χ1) is 7.70. The molecular formula is C12H23NO3. The van der Waals surface area contributed by atoms with E-state index in [9.17, 15) is 0 Å². The van der Waals surface area contributed by atoms with Crippen molar-refractivity contribution in [3.63, 3.8) is 0 Å². The van der Waals surface area contributed by atoms with E-state index < -0.39 is 0 Å². The molecule has 0 bridgehead atoms. The fourth-order valence-electron chi connectivity index (χ4n) is 2.29. The molecule has 2 rings (SSSR count). The molecule has 16 heavy (non-hydrogen) atoms. The van der Waals surface area contributed by atoms with E-state index in [4.69, 9.17) is 14.3 Å². The number of hydrogen-bond donors (Lipinski definition) is 1. The Labute approximate surface area is 97.6 Å². The molecule has 1 heterocycles. The maximum absolute atomic E-state index is 5.68. The lowest BCUT2D eigenvalue weighted by Crippen LogP contribution is -2.42. The topological polar surface area (TPSA) is 39.7 Å². The molecule has 0 aromatic heterocycles. The van der Waals surface area contributed by atoms with Crippen LogP contribution >= 0.6 is 0 Å². The van der Waals surface area contributed by atoms with Gasteiger partial charge in [-0.25, -0.2) is 0 Å². The fraction of sp³-hybridized carbons (Fsp3) is 1.00. The van der Waals surface area contributed by atoms with Crippen molar-refractivity contribution in [2.45, 2.75) is 51.4 Å². The molecule has 0 aromatic rings. The van der Waals surface area contributed by atoms with Crippen LogP contribution in [0.4, 0.5) is 0 Å². The highest BCUT2D eigenvalue weighted by Gasteiger charge is 2.40. The Bertz CT molecular complexity index is 204. The summed E-state index contributed by atoms with van der Waals surface area (Å²) >= 11 is 0. The lowest BCUT2D eigenvalue weighted by atomic mass is 9.90. The zero-order chi connectivity index (χ0) is 11.4. The highest BCUT2D eigenvalue weighted by atomic mass is 16.7. The second-order valence-electron chi connectivity index (χ2n) is 5.20. The summed E-state index contributed by atoms with van der Waals surface area (Å²) < 4.78 is 11.4. The lowest BCUT2D eigenvalue weighted by molar-refractivity contribution is -0.184. The molecule has 0 atom stereocenters. The Morgan fingerprint density at radius 2 is 1.88 bits per heavy atom. The molecule has 2 aliphatic rings. The average molecular weight is 229 g/mol. The van der Waals surface area contributed by atoms with Crippen molar-refractivity contribution >= 4 is 0 Å². The van der Waals surface area contributed by atoms with Gasteiger partial charge in [-0.15, -0.1) is 0 Å². The fourth-order valence-corrected chi connectivity index (χ4v) is 2.29. The van der Waals surface area contributed by atoms with E-state index in [0.29, 0.717) is 12.0 Å². The van der Waals surface area contributed by atoms with Crippen molar-refractivity contribution in [1.29, 1.82) is 0 Å². The molecule has 4 heteroatoms. The standard InChI is InChI=1S/C12H23NO3/c1-10(2)9-16-13-11-3-5-12(6-4-11)14-7-8-15-12/h10-11,13H,3-9H2,1-2H3. The third kappa shape index (κ3) is 3.17. The minimum Gasteiger partial charge on any atom is -0.348 e. The summed E-state index contributed by atoms with van der Waals surface area (Å²) in [6, 6.07) is 0.456. The van der Waals surface area contributed by atoms with Crippen LogP contribution in [0, 0.1) is 5.92 Å². The van der Waals surface area contributed by atoms with Gasteiger partial charge in [0.2, 0.25) is 0 Å². The number of hydroxylamine groups is 1. The highest BCUT2D eigenvalue weighted by Crippen LogP contribution is 2.35. The van der Waals surface area contributed by atoms with Crippen molar-refractivity contribution in [3.8, 4) is 0 Å². The van der Waals surface area contributed by atoms with Gasteiger partial charge in [0.15, 0.2) is 5.79 Å². The minimum absolute atomic E-state index is 0.254. The van der Waals surface area contributed by atoms with E-state index in [0.717, 1.165) is 45.5 Å². The summed E-state index contributed by atoms with van der Waals surface area (Å²) in [5, 5.41) is 0. The van der Waals surface area contributed by atoms with Crippen LogP contribution in [0.15, 0.2) is 0 Å². The highest BCUT2D eigenvalue weighted by molar-refractivity contribution is 4.84. The molecule has 0 radical (unpaired) electrons. The van der Waals surface area contributed by atoms with Gasteiger partial charge >= 0.3 is 0 Å². The third-order valence-electron chi connectivity index (χ3n) is 3.23. The van der Waals surface area contributed by atoms with Crippen LogP contribution in [0.25, 0.3) is 0 Å². The number of hydrogen-bond acceptors (Lipinski definition) is 4. The quantitative estimate of drug-likeness (QED) is 0.747. The number of nitrogens with one attached hydrogen (secondary N) is 1. The van der Waals surface area contributed by atoms with Gasteiger partial charge in [0, 0.05) is 18.9 Å². The molecule has 0 amide bonds. The first kappa shape index (κ1) is 12.3. The normalized spacial score (nSPS) is 25.7.